The van der Waals surface area contributed by atoms with Crippen molar-refractivity contribution in [2.45, 2.75) is 6.61 Å². The van der Waals surface area contributed by atoms with Gasteiger partial charge in [-0.25, -0.2) is 4.79 Å². The molecule has 0 aromatic heterocycles. The standard InChI is InChI=1S/C14H10Br2O2/c15-11-6-7-12(13(16)8-11)14(17)18-9-10-4-2-1-3-5-10/h1-8H,9H2. The zero-order chi connectivity index (χ0) is 13.0. The van der Waals surface area contributed by atoms with E-state index in [2.05, 4.69) is 31.9 Å². The molecule has 0 saturated heterocycles. The lowest BCUT2D eigenvalue weighted by atomic mass is 10.2. The van der Waals surface area contributed by atoms with Gasteiger partial charge in [-0.3, -0.25) is 0 Å². The van der Waals surface area contributed by atoms with Gasteiger partial charge in [0.05, 0.1) is 5.56 Å². The van der Waals surface area contributed by atoms with Crippen molar-refractivity contribution >= 4 is 37.8 Å². The summed E-state index contributed by atoms with van der Waals surface area (Å²) in [4.78, 5) is 11.9. The zero-order valence-electron chi connectivity index (χ0n) is 9.40. The maximum Gasteiger partial charge on any atom is 0.339 e. The minimum atomic E-state index is -0.335. The normalized spacial score (nSPS) is 10.1. The summed E-state index contributed by atoms with van der Waals surface area (Å²) in [6.07, 6.45) is 0. The Kier molecular flexibility index (Phi) is 4.55. The SMILES string of the molecule is O=C(OCc1ccccc1)c1ccc(Br)cc1Br. The molecule has 0 atom stereocenters. The first kappa shape index (κ1) is 13.3. The Morgan fingerprint density at radius 1 is 1.06 bits per heavy atom. The average Bonchev–Trinajstić information content (AvgIpc) is 2.37. The molecule has 2 aromatic rings. The third-order valence-corrected chi connectivity index (χ3v) is 3.51. The Hall–Kier alpha value is -1.13. The second-order valence-corrected chi connectivity index (χ2v) is 5.46. The number of hydrogen-bond donors (Lipinski definition) is 0. The highest BCUT2D eigenvalue weighted by Crippen LogP contribution is 2.22. The van der Waals surface area contributed by atoms with Gasteiger partial charge in [0.1, 0.15) is 6.61 Å². The van der Waals surface area contributed by atoms with Crippen LogP contribution in [0.4, 0.5) is 0 Å². The van der Waals surface area contributed by atoms with Crippen LogP contribution in [0, 0.1) is 0 Å². The number of hydrogen-bond acceptors (Lipinski definition) is 2. The number of carbonyl (C=O) groups excluding carboxylic acids is 1. The number of rotatable bonds is 3. The Bertz CT molecular complexity index is 553. The second-order valence-electron chi connectivity index (χ2n) is 3.69. The van der Waals surface area contributed by atoms with E-state index in [-0.39, 0.29) is 12.6 Å². The van der Waals surface area contributed by atoms with Crippen molar-refractivity contribution in [2.75, 3.05) is 0 Å². The van der Waals surface area contributed by atoms with Gasteiger partial charge in [-0.15, -0.1) is 0 Å². The predicted octanol–water partition coefficient (Wildman–Crippen LogP) is 4.57. The van der Waals surface area contributed by atoms with Crippen molar-refractivity contribution in [3.63, 3.8) is 0 Å². The molecule has 0 aliphatic heterocycles. The molecule has 0 aliphatic rings. The smallest absolute Gasteiger partial charge is 0.339 e. The summed E-state index contributed by atoms with van der Waals surface area (Å²) in [5.41, 5.74) is 1.49. The highest BCUT2D eigenvalue weighted by molar-refractivity contribution is 9.11. The minimum absolute atomic E-state index is 0.280. The van der Waals surface area contributed by atoms with Crippen LogP contribution in [0.3, 0.4) is 0 Å². The molecule has 0 unspecified atom stereocenters. The van der Waals surface area contributed by atoms with Crippen LogP contribution in [-0.2, 0) is 11.3 Å². The van der Waals surface area contributed by atoms with Gasteiger partial charge < -0.3 is 4.74 Å². The summed E-state index contributed by atoms with van der Waals surface area (Å²) in [6, 6.07) is 15.0. The fourth-order valence-electron chi connectivity index (χ4n) is 1.46. The van der Waals surface area contributed by atoms with E-state index in [1.807, 2.05) is 42.5 Å². The quantitative estimate of drug-likeness (QED) is 0.741. The summed E-state index contributed by atoms with van der Waals surface area (Å²) >= 11 is 6.68. The first-order valence-electron chi connectivity index (χ1n) is 5.33. The van der Waals surface area contributed by atoms with Crippen molar-refractivity contribution in [2.24, 2.45) is 0 Å². The Morgan fingerprint density at radius 2 is 1.78 bits per heavy atom. The number of benzene rings is 2. The highest BCUT2D eigenvalue weighted by atomic mass is 79.9. The topological polar surface area (TPSA) is 26.3 Å². The largest absolute Gasteiger partial charge is 0.457 e. The van der Waals surface area contributed by atoms with Gasteiger partial charge in [0.25, 0.3) is 0 Å². The van der Waals surface area contributed by atoms with E-state index in [9.17, 15) is 4.79 Å². The summed E-state index contributed by atoms with van der Waals surface area (Å²) < 4.78 is 6.88. The fourth-order valence-corrected chi connectivity index (χ4v) is 2.66. The van der Waals surface area contributed by atoms with Crippen molar-refractivity contribution in [1.82, 2.24) is 0 Å². The van der Waals surface area contributed by atoms with E-state index >= 15 is 0 Å². The maximum absolute atomic E-state index is 11.9. The summed E-state index contributed by atoms with van der Waals surface area (Å²) in [7, 11) is 0. The molecular formula is C14H10Br2O2. The lowest BCUT2D eigenvalue weighted by molar-refractivity contribution is 0.0471. The molecule has 4 heteroatoms. The lowest BCUT2D eigenvalue weighted by Gasteiger charge is -2.06. The molecule has 0 N–H and O–H groups in total. The van der Waals surface area contributed by atoms with Crippen LogP contribution in [0.25, 0.3) is 0 Å². The van der Waals surface area contributed by atoms with Crippen LogP contribution in [0.2, 0.25) is 0 Å². The van der Waals surface area contributed by atoms with Gasteiger partial charge in [0.2, 0.25) is 0 Å². The molecule has 0 fully saturated rings. The Labute approximate surface area is 122 Å². The Balaban J connectivity index is 2.04. The molecule has 2 aromatic carbocycles. The molecule has 18 heavy (non-hydrogen) atoms. The molecule has 0 heterocycles. The predicted molar refractivity (Wildman–Crippen MR) is 77.4 cm³/mol. The Morgan fingerprint density at radius 3 is 2.44 bits per heavy atom. The van der Waals surface area contributed by atoms with E-state index in [1.54, 1.807) is 6.07 Å². The molecule has 0 bridgehead atoms. The van der Waals surface area contributed by atoms with Crippen LogP contribution in [0.15, 0.2) is 57.5 Å². The number of halogens is 2. The van der Waals surface area contributed by atoms with Crippen molar-refractivity contribution < 1.29 is 9.53 Å². The van der Waals surface area contributed by atoms with Gasteiger partial charge in [0.15, 0.2) is 0 Å². The summed E-state index contributed by atoms with van der Waals surface area (Å²) in [5, 5.41) is 0. The number of ether oxygens (including phenoxy) is 1. The third-order valence-electron chi connectivity index (χ3n) is 2.36. The number of carbonyl (C=O) groups is 1. The van der Waals surface area contributed by atoms with Gasteiger partial charge in [0, 0.05) is 8.95 Å². The first-order chi connectivity index (χ1) is 8.66. The molecule has 2 nitrogen and oxygen atoms in total. The molecule has 0 amide bonds. The molecule has 0 aliphatic carbocycles. The monoisotopic (exact) mass is 368 g/mol. The van der Waals surface area contributed by atoms with Crippen LogP contribution in [-0.4, -0.2) is 5.97 Å². The first-order valence-corrected chi connectivity index (χ1v) is 6.91. The van der Waals surface area contributed by atoms with E-state index in [1.165, 1.54) is 0 Å². The molecule has 0 saturated carbocycles. The van der Waals surface area contributed by atoms with Crippen LogP contribution < -0.4 is 0 Å². The third kappa shape index (κ3) is 3.43. The highest BCUT2D eigenvalue weighted by Gasteiger charge is 2.11. The maximum atomic E-state index is 11.9. The molecule has 2 rings (SSSR count). The van der Waals surface area contributed by atoms with E-state index in [4.69, 9.17) is 4.74 Å². The van der Waals surface area contributed by atoms with Crippen molar-refractivity contribution in [3.8, 4) is 0 Å². The molecular weight excluding hydrogens is 360 g/mol. The molecule has 92 valence electrons. The van der Waals surface area contributed by atoms with Crippen molar-refractivity contribution in [1.29, 1.82) is 0 Å². The lowest BCUT2D eigenvalue weighted by Crippen LogP contribution is -2.06. The van der Waals surface area contributed by atoms with Crippen molar-refractivity contribution in [3.05, 3.63) is 68.6 Å². The van der Waals surface area contributed by atoms with Gasteiger partial charge in [-0.05, 0) is 39.7 Å². The van der Waals surface area contributed by atoms with Gasteiger partial charge in [-0.2, -0.15) is 0 Å². The average molecular weight is 370 g/mol. The van der Waals surface area contributed by atoms with Gasteiger partial charge in [-0.1, -0.05) is 46.3 Å². The fraction of sp³-hybridized carbons (Fsp3) is 0.0714. The molecule has 0 spiro atoms. The van der Waals surface area contributed by atoms with E-state index in [0.717, 1.165) is 14.5 Å². The van der Waals surface area contributed by atoms with Gasteiger partial charge >= 0.3 is 5.97 Å². The van der Waals surface area contributed by atoms with Crippen LogP contribution in [0.5, 0.6) is 0 Å². The van der Waals surface area contributed by atoms with Crippen LogP contribution in [0.1, 0.15) is 15.9 Å². The van der Waals surface area contributed by atoms with Crippen LogP contribution >= 0.6 is 31.9 Å². The molecule has 0 radical (unpaired) electrons. The summed E-state index contributed by atoms with van der Waals surface area (Å²) in [5.74, 6) is -0.335. The van der Waals surface area contributed by atoms with E-state index < -0.39 is 0 Å². The second kappa shape index (κ2) is 6.16. The number of esters is 1. The zero-order valence-corrected chi connectivity index (χ0v) is 12.6. The minimum Gasteiger partial charge on any atom is -0.457 e. The van der Waals surface area contributed by atoms with E-state index in [0.29, 0.717) is 5.56 Å². The summed E-state index contributed by atoms with van der Waals surface area (Å²) in [6.45, 7) is 0.280.